The van der Waals surface area contributed by atoms with Crippen LogP contribution in [0.3, 0.4) is 0 Å². The second kappa shape index (κ2) is 4.31. The van der Waals surface area contributed by atoms with Crippen LogP contribution in [0, 0.1) is 23.2 Å². The summed E-state index contributed by atoms with van der Waals surface area (Å²) in [5.41, 5.74) is 3.16. The summed E-state index contributed by atoms with van der Waals surface area (Å²) in [6.45, 7) is 2.20. The Morgan fingerprint density at radius 2 is 2.29 bits per heavy atom. The van der Waals surface area contributed by atoms with Crippen LogP contribution in [0.25, 0.3) is 5.57 Å². The fourth-order valence-electron chi connectivity index (χ4n) is 3.00. The number of fused-ring (bicyclic) bond motifs is 1. The van der Waals surface area contributed by atoms with Gasteiger partial charge in [-0.15, -0.1) is 0 Å². The van der Waals surface area contributed by atoms with E-state index >= 15 is 0 Å². The molecule has 3 heteroatoms. The Bertz CT molecular complexity index is 498. The number of hydrogen-bond donors (Lipinski definition) is 1. The van der Waals surface area contributed by atoms with Crippen molar-refractivity contribution in [2.45, 2.75) is 12.8 Å². The molecule has 0 saturated carbocycles. The predicted molar refractivity (Wildman–Crippen MR) is 66.0 cm³/mol. The molecule has 1 saturated heterocycles. The lowest BCUT2D eigenvalue weighted by atomic mass is 9.78. The van der Waals surface area contributed by atoms with Gasteiger partial charge >= 0.3 is 0 Å². The average Bonchev–Trinajstić information content (AvgIpc) is 2.87. The van der Waals surface area contributed by atoms with Crippen LogP contribution < -0.4 is 5.32 Å². The van der Waals surface area contributed by atoms with E-state index in [0.29, 0.717) is 11.5 Å². The molecule has 3 nitrogen and oxygen atoms in total. The van der Waals surface area contributed by atoms with E-state index in [9.17, 15) is 0 Å². The zero-order valence-corrected chi connectivity index (χ0v) is 9.69. The third-order valence-corrected chi connectivity index (χ3v) is 3.84. The first kappa shape index (κ1) is 10.5. The molecule has 0 spiro atoms. The first-order chi connectivity index (χ1) is 8.38. The van der Waals surface area contributed by atoms with Crippen molar-refractivity contribution in [3.05, 3.63) is 35.7 Å². The summed E-state index contributed by atoms with van der Waals surface area (Å²) in [6, 6.07) is 4.12. The highest BCUT2D eigenvalue weighted by Crippen LogP contribution is 2.38. The number of hydrogen-bond acceptors (Lipinski definition) is 3. The Balaban J connectivity index is 1.97. The first-order valence-electron chi connectivity index (χ1n) is 6.15. The minimum absolute atomic E-state index is 0.611. The maximum absolute atomic E-state index is 8.93. The highest BCUT2D eigenvalue weighted by Gasteiger charge is 2.32. The number of allylic oxidation sites excluding steroid dienone is 1. The molecule has 86 valence electrons. The first-order valence-corrected chi connectivity index (χ1v) is 6.15. The molecular weight excluding hydrogens is 210 g/mol. The van der Waals surface area contributed by atoms with Gasteiger partial charge in [0, 0.05) is 24.9 Å². The fraction of sp³-hybridized carbons (Fsp3) is 0.429. The predicted octanol–water partition coefficient (Wildman–Crippen LogP) is 1.97. The van der Waals surface area contributed by atoms with E-state index in [1.165, 1.54) is 12.0 Å². The number of pyridine rings is 1. The molecule has 2 heterocycles. The van der Waals surface area contributed by atoms with E-state index in [1.54, 1.807) is 6.20 Å². The lowest BCUT2D eigenvalue weighted by molar-refractivity contribution is 0.454. The van der Waals surface area contributed by atoms with Crippen molar-refractivity contribution in [2.24, 2.45) is 11.8 Å². The number of nitrogens with one attached hydrogen (secondary N) is 1. The fourth-order valence-corrected chi connectivity index (χ4v) is 3.00. The van der Waals surface area contributed by atoms with Crippen LogP contribution in [0.2, 0.25) is 0 Å². The van der Waals surface area contributed by atoms with Gasteiger partial charge in [0.15, 0.2) is 0 Å². The van der Waals surface area contributed by atoms with Crippen LogP contribution in [0.4, 0.5) is 0 Å². The third-order valence-electron chi connectivity index (χ3n) is 3.84. The minimum atomic E-state index is 0.611. The Hall–Kier alpha value is -1.66. The van der Waals surface area contributed by atoms with Crippen LogP contribution in [0.1, 0.15) is 24.0 Å². The standard InChI is InChI=1S/C14H15N3/c15-5-10-4-12(8-16-6-10)13-3-1-2-11-7-17-9-14(11)13/h3-4,6,8,11,14,17H,1-2,7,9H2. The lowest BCUT2D eigenvalue weighted by Crippen LogP contribution is -2.18. The average molecular weight is 225 g/mol. The van der Waals surface area contributed by atoms with Crippen molar-refractivity contribution in [2.75, 3.05) is 13.1 Å². The molecule has 1 fully saturated rings. The van der Waals surface area contributed by atoms with Crippen LogP contribution in [0.5, 0.6) is 0 Å². The Kier molecular flexibility index (Phi) is 2.66. The van der Waals surface area contributed by atoms with Gasteiger partial charge < -0.3 is 5.32 Å². The van der Waals surface area contributed by atoms with Crippen molar-refractivity contribution in [1.82, 2.24) is 10.3 Å². The highest BCUT2D eigenvalue weighted by molar-refractivity contribution is 5.69. The summed E-state index contributed by atoms with van der Waals surface area (Å²) in [5.74, 6) is 1.38. The molecule has 0 amide bonds. The van der Waals surface area contributed by atoms with E-state index < -0.39 is 0 Å². The van der Waals surface area contributed by atoms with Gasteiger partial charge in [-0.05, 0) is 42.5 Å². The van der Waals surface area contributed by atoms with Gasteiger partial charge in [-0.3, -0.25) is 4.98 Å². The maximum Gasteiger partial charge on any atom is 0.101 e. The van der Waals surface area contributed by atoms with Crippen LogP contribution in [0.15, 0.2) is 24.5 Å². The van der Waals surface area contributed by atoms with Crippen LogP contribution >= 0.6 is 0 Å². The van der Waals surface area contributed by atoms with E-state index in [4.69, 9.17) is 5.26 Å². The number of aromatic nitrogens is 1. The molecule has 1 aliphatic heterocycles. The number of rotatable bonds is 1. The molecule has 1 aromatic rings. The molecule has 1 aliphatic carbocycles. The van der Waals surface area contributed by atoms with E-state index in [1.807, 2.05) is 12.3 Å². The maximum atomic E-state index is 8.93. The van der Waals surface area contributed by atoms with Crippen molar-refractivity contribution < 1.29 is 0 Å². The molecular formula is C14H15N3. The monoisotopic (exact) mass is 225 g/mol. The lowest BCUT2D eigenvalue weighted by Gasteiger charge is -2.26. The summed E-state index contributed by atoms with van der Waals surface area (Å²) >= 11 is 0. The van der Waals surface area contributed by atoms with E-state index in [-0.39, 0.29) is 0 Å². The number of nitriles is 1. The zero-order chi connectivity index (χ0) is 11.7. The normalized spacial score (nSPS) is 27.1. The van der Waals surface area contributed by atoms with E-state index in [0.717, 1.165) is 31.0 Å². The summed E-state index contributed by atoms with van der Waals surface area (Å²) in [6.07, 6.45) is 8.26. The van der Waals surface area contributed by atoms with E-state index in [2.05, 4.69) is 22.4 Å². The molecule has 0 radical (unpaired) electrons. The molecule has 2 unspecified atom stereocenters. The highest BCUT2D eigenvalue weighted by atomic mass is 14.9. The summed E-state index contributed by atoms with van der Waals surface area (Å²) in [4.78, 5) is 4.16. The van der Waals surface area contributed by atoms with Crippen LogP contribution in [-0.2, 0) is 0 Å². The second-order valence-electron chi connectivity index (χ2n) is 4.84. The Labute approximate surface area is 101 Å². The third kappa shape index (κ3) is 1.85. The van der Waals surface area contributed by atoms with Gasteiger partial charge in [0.2, 0.25) is 0 Å². The Morgan fingerprint density at radius 3 is 3.18 bits per heavy atom. The largest absolute Gasteiger partial charge is 0.316 e. The zero-order valence-electron chi connectivity index (χ0n) is 9.69. The molecule has 1 aromatic heterocycles. The minimum Gasteiger partial charge on any atom is -0.316 e. The van der Waals surface area contributed by atoms with Crippen molar-refractivity contribution in [3.63, 3.8) is 0 Å². The van der Waals surface area contributed by atoms with Crippen molar-refractivity contribution in [1.29, 1.82) is 5.26 Å². The summed E-state index contributed by atoms with van der Waals surface area (Å²) < 4.78 is 0. The molecule has 0 bridgehead atoms. The van der Waals surface area contributed by atoms with Gasteiger partial charge in [-0.1, -0.05) is 6.08 Å². The van der Waals surface area contributed by atoms with Gasteiger partial charge in [0.1, 0.15) is 6.07 Å². The number of nitrogens with zero attached hydrogens (tertiary/aromatic N) is 2. The van der Waals surface area contributed by atoms with Crippen LogP contribution in [-0.4, -0.2) is 18.1 Å². The second-order valence-corrected chi connectivity index (χ2v) is 4.84. The molecule has 3 rings (SSSR count). The van der Waals surface area contributed by atoms with Gasteiger partial charge in [0.05, 0.1) is 5.56 Å². The van der Waals surface area contributed by atoms with Gasteiger partial charge in [-0.25, -0.2) is 0 Å². The van der Waals surface area contributed by atoms with Crippen molar-refractivity contribution in [3.8, 4) is 6.07 Å². The van der Waals surface area contributed by atoms with Crippen molar-refractivity contribution >= 4 is 5.57 Å². The molecule has 17 heavy (non-hydrogen) atoms. The quantitative estimate of drug-likeness (QED) is 0.795. The summed E-state index contributed by atoms with van der Waals surface area (Å²) in [5, 5.41) is 12.4. The summed E-state index contributed by atoms with van der Waals surface area (Å²) in [7, 11) is 0. The molecule has 2 aliphatic rings. The molecule has 1 N–H and O–H groups in total. The molecule has 0 aromatic carbocycles. The van der Waals surface area contributed by atoms with Gasteiger partial charge in [0.25, 0.3) is 0 Å². The topological polar surface area (TPSA) is 48.7 Å². The van der Waals surface area contributed by atoms with Gasteiger partial charge in [-0.2, -0.15) is 5.26 Å². The smallest absolute Gasteiger partial charge is 0.101 e. The molecule has 2 atom stereocenters. The SMILES string of the molecule is N#Cc1cncc(C2=CCCC3CNCC23)c1. The Morgan fingerprint density at radius 1 is 1.35 bits per heavy atom.